The van der Waals surface area contributed by atoms with Gasteiger partial charge in [-0.05, 0) is 43.9 Å². The molecule has 0 aliphatic carbocycles. The van der Waals surface area contributed by atoms with Crippen LogP contribution in [0.1, 0.15) is 29.5 Å². The first-order valence-corrected chi connectivity index (χ1v) is 6.48. The lowest BCUT2D eigenvalue weighted by Gasteiger charge is -2.35. The summed E-state index contributed by atoms with van der Waals surface area (Å²) in [5.41, 5.74) is 1.96. The van der Waals surface area contributed by atoms with Crippen LogP contribution in [0, 0.1) is 13.8 Å². The van der Waals surface area contributed by atoms with Gasteiger partial charge in [-0.1, -0.05) is 6.07 Å². The summed E-state index contributed by atoms with van der Waals surface area (Å²) >= 11 is 0. The van der Waals surface area contributed by atoms with Crippen molar-refractivity contribution in [3.8, 4) is 5.75 Å². The summed E-state index contributed by atoms with van der Waals surface area (Å²) in [6, 6.07) is 3.92. The Hall–Kier alpha value is -1.55. The van der Waals surface area contributed by atoms with Crippen LogP contribution in [0.25, 0.3) is 0 Å². The Kier molecular flexibility index (Phi) is 3.80. The zero-order chi connectivity index (χ0) is 14.0. The SMILES string of the molecule is COc1cc(C)cc(C)c1C1(C(=O)O)CCOCC1. The molecule has 1 aliphatic rings. The molecule has 1 N–H and O–H groups in total. The maximum Gasteiger partial charge on any atom is 0.314 e. The van der Waals surface area contributed by atoms with Crippen molar-refractivity contribution in [1.82, 2.24) is 0 Å². The first-order valence-electron chi connectivity index (χ1n) is 6.48. The first-order chi connectivity index (χ1) is 9.01. The van der Waals surface area contributed by atoms with E-state index in [4.69, 9.17) is 9.47 Å². The summed E-state index contributed by atoms with van der Waals surface area (Å²) in [5.74, 6) is -0.122. The van der Waals surface area contributed by atoms with Gasteiger partial charge in [0.05, 0.1) is 7.11 Å². The maximum atomic E-state index is 11.9. The van der Waals surface area contributed by atoms with E-state index in [1.54, 1.807) is 7.11 Å². The molecule has 1 fully saturated rings. The summed E-state index contributed by atoms with van der Waals surface area (Å²) in [5, 5.41) is 9.74. The van der Waals surface area contributed by atoms with Crippen LogP contribution in [0.2, 0.25) is 0 Å². The highest BCUT2D eigenvalue weighted by Crippen LogP contribution is 2.42. The van der Waals surface area contributed by atoms with Crippen molar-refractivity contribution in [3.05, 3.63) is 28.8 Å². The monoisotopic (exact) mass is 264 g/mol. The number of carbonyl (C=O) groups is 1. The van der Waals surface area contributed by atoms with Crippen molar-refractivity contribution in [2.75, 3.05) is 20.3 Å². The average molecular weight is 264 g/mol. The molecule has 0 aromatic heterocycles. The standard InChI is InChI=1S/C15H20O4/c1-10-8-11(2)13(12(9-10)18-3)15(14(16)17)4-6-19-7-5-15/h8-9H,4-7H2,1-3H3,(H,16,17). The van der Waals surface area contributed by atoms with Crippen LogP contribution >= 0.6 is 0 Å². The van der Waals surface area contributed by atoms with Crippen molar-refractivity contribution in [3.63, 3.8) is 0 Å². The second kappa shape index (κ2) is 5.21. The smallest absolute Gasteiger partial charge is 0.314 e. The molecule has 2 rings (SSSR count). The molecule has 19 heavy (non-hydrogen) atoms. The molecule has 0 unspecified atom stereocenters. The van der Waals surface area contributed by atoms with E-state index >= 15 is 0 Å². The van der Waals surface area contributed by atoms with Gasteiger partial charge in [-0.3, -0.25) is 4.79 Å². The van der Waals surface area contributed by atoms with Gasteiger partial charge in [0.1, 0.15) is 11.2 Å². The molecule has 0 spiro atoms. The van der Waals surface area contributed by atoms with E-state index in [1.807, 2.05) is 26.0 Å². The zero-order valence-corrected chi connectivity index (χ0v) is 11.7. The average Bonchev–Trinajstić information content (AvgIpc) is 2.38. The van der Waals surface area contributed by atoms with Gasteiger partial charge in [-0.25, -0.2) is 0 Å². The van der Waals surface area contributed by atoms with Crippen molar-refractivity contribution in [2.45, 2.75) is 32.1 Å². The fraction of sp³-hybridized carbons (Fsp3) is 0.533. The number of carboxylic acid groups (broad SMARTS) is 1. The van der Waals surface area contributed by atoms with Gasteiger partial charge >= 0.3 is 5.97 Å². The lowest BCUT2D eigenvalue weighted by Crippen LogP contribution is -2.42. The van der Waals surface area contributed by atoms with E-state index < -0.39 is 11.4 Å². The quantitative estimate of drug-likeness (QED) is 0.911. The lowest BCUT2D eigenvalue weighted by atomic mass is 9.72. The second-order valence-corrected chi connectivity index (χ2v) is 5.16. The minimum Gasteiger partial charge on any atom is -0.496 e. The number of aliphatic carboxylic acids is 1. The molecule has 1 heterocycles. The third kappa shape index (κ3) is 2.32. The number of methoxy groups -OCH3 is 1. The Balaban J connectivity index is 2.62. The molecule has 0 bridgehead atoms. The molecule has 4 nitrogen and oxygen atoms in total. The van der Waals surface area contributed by atoms with Crippen LogP contribution in [0.15, 0.2) is 12.1 Å². The Labute approximate surface area is 113 Å². The summed E-state index contributed by atoms with van der Waals surface area (Å²) in [6.45, 7) is 4.88. The molecule has 1 aromatic rings. The van der Waals surface area contributed by atoms with Gasteiger partial charge in [0, 0.05) is 18.8 Å². The Morgan fingerprint density at radius 2 is 1.95 bits per heavy atom. The van der Waals surface area contributed by atoms with Crippen LogP contribution in [-0.4, -0.2) is 31.4 Å². The van der Waals surface area contributed by atoms with E-state index in [9.17, 15) is 9.90 Å². The molecule has 0 amide bonds. The van der Waals surface area contributed by atoms with E-state index in [0.29, 0.717) is 31.8 Å². The first kappa shape index (κ1) is 13.9. The van der Waals surface area contributed by atoms with Crippen LogP contribution < -0.4 is 4.74 Å². The van der Waals surface area contributed by atoms with Gasteiger partial charge < -0.3 is 14.6 Å². The third-order valence-corrected chi connectivity index (χ3v) is 3.90. The van der Waals surface area contributed by atoms with Crippen LogP contribution in [0.5, 0.6) is 5.75 Å². The number of rotatable bonds is 3. The largest absolute Gasteiger partial charge is 0.496 e. The van der Waals surface area contributed by atoms with Crippen LogP contribution in [0.3, 0.4) is 0 Å². The van der Waals surface area contributed by atoms with Crippen molar-refractivity contribution < 1.29 is 19.4 Å². The van der Waals surface area contributed by atoms with Gasteiger partial charge in [0.25, 0.3) is 0 Å². The van der Waals surface area contributed by atoms with E-state index in [2.05, 4.69) is 0 Å². The zero-order valence-electron chi connectivity index (χ0n) is 11.7. The molecule has 0 saturated carbocycles. The molecular formula is C15H20O4. The van der Waals surface area contributed by atoms with Crippen molar-refractivity contribution in [2.24, 2.45) is 0 Å². The molecule has 1 aliphatic heterocycles. The molecule has 0 atom stereocenters. The van der Waals surface area contributed by atoms with Crippen molar-refractivity contribution >= 4 is 5.97 Å². The predicted molar refractivity (Wildman–Crippen MR) is 71.8 cm³/mol. The normalized spacial score (nSPS) is 18.1. The molecular weight excluding hydrogens is 244 g/mol. The van der Waals surface area contributed by atoms with Gasteiger partial charge in [0.2, 0.25) is 0 Å². The van der Waals surface area contributed by atoms with E-state index in [0.717, 1.165) is 16.7 Å². The topological polar surface area (TPSA) is 55.8 Å². The van der Waals surface area contributed by atoms with Gasteiger partial charge in [-0.15, -0.1) is 0 Å². The van der Waals surface area contributed by atoms with Crippen LogP contribution in [0.4, 0.5) is 0 Å². The minimum absolute atomic E-state index is 0.475. The molecule has 104 valence electrons. The van der Waals surface area contributed by atoms with E-state index in [1.165, 1.54) is 0 Å². The number of carboxylic acids is 1. The number of aryl methyl sites for hydroxylation is 2. The number of hydrogen-bond acceptors (Lipinski definition) is 3. The summed E-state index contributed by atoms with van der Waals surface area (Å²) in [7, 11) is 1.59. The molecule has 1 saturated heterocycles. The van der Waals surface area contributed by atoms with Gasteiger partial charge in [-0.2, -0.15) is 0 Å². The second-order valence-electron chi connectivity index (χ2n) is 5.16. The van der Waals surface area contributed by atoms with Crippen molar-refractivity contribution in [1.29, 1.82) is 0 Å². The summed E-state index contributed by atoms with van der Waals surface area (Å²) in [6.07, 6.45) is 0.977. The van der Waals surface area contributed by atoms with Gasteiger partial charge in [0.15, 0.2) is 0 Å². The Morgan fingerprint density at radius 3 is 2.47 bits per heavy atom. The van der Waals surface area contributed by atoms with Crippen LogP contribution in [-0.2, 0) is 14.9 Å². The number of hydrogen-bond donors (Lipinski definition) is 1. The molecule has 1 aromatic carbocycles. The fourth-order valence-corrected chi connectivity index (χ4v) is 2.99. The number of benzene rings is 1. The fourth-order valence-electron chi connectivity index (χ4n) is 2.99. The lowest BCUT2D eigenvalue weighted by molar-refractivity contribution is -0.147. The molecule has 4 heteroatoms. The third-order valence-electron chi connectivity index (χ3n) is 3.90. The summed E-state index contributed by atoms with van der Waals surface area (Å²) in [4.78, 5) is 11.9. The Morgan fingerprint density at radius 1 is 1.32 bits per heavy atom. The highest BCUT2D eigenvalue weighted by atomic mass is 16.5. The minimum atomic E-state index is -0.888. The summed E-state index contributed by atoms with van der Waals surface area (Å²) < 4.78 is 10.8. The number of ether oxygens (including phenoxy) is 2. The van der Waals surface area contributed by atoms with E-state index in [-0.39, 0.29) is 0 Å². The highest BCUT2D eigenvalue weighted by molar-refractivity contribution is 5.83. The highest BCUT2D eigenvalue weighted by Gasteiger charge is 2.44. The predicted octanol–water partition coefficient (Wildman–Crippen LogP) is 2.44. The Bertz CT molecular complexity index is 487. The molecule has 0 radical (unpaired) electrons. The maximum absolute atomic E-state index is 11.9.